The van der Waals surface area contributed by atoms with E-state index in [0.717, 1.165) is 31.2 Å². The topological polar surface area (TPSA) is 0 Å². The smallest absolute Gasteiger partial charge is 0.126 e. The SMILES string of the molecule is CCCCCCC1(CCC(CC2=CCCCC2)c2ccc(CCCC)c(F)c2)CCCCC1. The van der Waals surface area contributed by atoms with Crippen molar-refractivity contribution in [1.29, 1.82) is 0 Å². The van der Waals surface area contributed by atoms with Crippen molar-refractivity contribution >= 4 is 0 Å². The van der Waals surface area contributed by atoms with E-state index in [4.69, 9.17) is 0 Å². The van der Waals surface area contributed by atoms with Gasteiger partial charge in [-0.15, -0.1) is 0 Å². The molecule has 186 valence electrons. The van der Waals surface area contributed by atoms with Crippen molar-refractivity contribution in [2.45, 2.75) is 148 Å². The molecule has 0 N–H and O–H groups in total. The third-order valence-electron chi connectivity index (χ3n) is 8.74. The lowest BCUT2D eigenvalue weighted by atomic mass is 9.66. The minimum atomic E-state index is 0.0375. The largest absolute Gasteiger partial charge is 0.207 e. The summed E-state index contributed by atoms with van der Waals surface area (Å²) in [6, 6.07) is 6.29. The molecule has 1 atom stereocenters. The van der Waals surface area contributed by atoms with Gasteiger partial charge in [0.1, 0.15) is 5.82 Å². The molecule has 0 heterocycles. The van der Waals surface area contributed by atoms with Gasteiger partial charge >= 0.3 is 0 Å². The molecule has 33 heavy (non-hydrogen) atoms. The summed E-state index contributed by atoms with van der Waals surface area (Å²) in [4.78, 5) is 0. The highest BCUT2D eigenvalue weighted by atomic mass is 19.1. The predicted molar refractivity (Wildman–Crippen MR) is 142 cm³/mol. The highest BCUT2D eigenvalue weighted by Gasteiger charge is 2.32. The first-order valence-electron chi connectivity index (χ1n) is 14.6. The Bertz CT molecular complexity index is 709. The standard InChI is InChI=1S/C32H51F/c1-3-5-7-12-21-32(22-13-9-14-23-32)24-20-30(25-27-15-10-8-11-16-27)29-19-18-28(17-6-4-2)31(33)26-29/h15,18-19,26,30H,3-14,16-17,20-25H2,1-2H3. The first-order chi connectivity index (χ1) is 16.2. The van der Waals surface area contributed by atoms with Crippen LogP contribution in [0.1, 0.15) is 153 Å². The quantitative estimate of drug-likeness (QED) is 0.194. The van der Waals surface area contributed by atoms with E-state index in [2.05, 4.69) is 32.1 Å². The van der Waals surface area contributed by atoms with E-state index in [1.54, 1.807) is 5.57 Å². The minimum absolute atomic E-state index is 0.0375. The summed E-state index contributed by atoms with van der Waals surface area (Å²) < 4.78 is 15.0. The van der Waals surface area contributed by atoms with Crippen LogP contribution in [-0.4, -0.2) is 0 Å². The second kappa shape index (κ2) is 14.3. The fourth-order valence-corrected chi connectivity index (χ4v) is 6.51. The Morgan fingerprint density at radius 3 is 2.39 bits per heavy atom. The van der Waals surface area contributed by atoms with Crippen molar-refractivity contribution in [2.75, 3.05) is 0 Å². The number of rotatable bonds is 14. The Hall–Kier alpha value is -1.11. The van der Waals surface area contributed by atoms with Gasteiger partial charge in [-0.05, 0) is 106 Å². The maximum Gasteiger partial charge on any atom is 0.126 e. The van der Waals surface area contributed by atoms with Gasteiger partial charge in [-0.2, -0.15) is 0 Å². The lowest BCUT2D eigenvalue weighted by molar-refractivity contribution is 0.144. The fourth-order valence-electron chi connectivity index (χ4n) is 6.51. The number of hydrogen-bond acceptors (Lipinski definition) is 0. The minimum Gasteiger partial charge on any atom is -0.207 e. The second-order valence-corrected chi connectivity index (χ2v) is 11.4. The van der Waals surface area contributed by atoms with E-state index in [0.29, 0.717) is 11.3 Å². The maximum atomic E-state index is 15.0. The van der Waals surface area contributed by atoms with Crippen LogP contribution in [0.2, 0.25) is 0 Å². The first-order valence-corrected chi connectivity index (χ1v) is 14.6. The molecule has 0 amide bonds. The first kappa shape index (κ1) is 26.5. The maximum absolute atomic E-state index is 15.0. The van der Waals surface area contributed by atoms with Gasteiger partial charge in [0.05, 0.1) is 0 Å². The van der Waals surface area contributed by atoms with Crippen LogP contribution < -0.4 is 0 Å². The average molecular weight is 455 g/mol. The lowest BCUT2D eigenvalue weighted by Gasteiger charge is -2.39. The summed E-state index contributed by atoms with van der Waals surface area (Å²) in [5.41, 5.74) is 4.37. The lowest BCUT2D eigenvalue weighted by Crippen LogP contribution is -2.25. The van der Waals surface area contributed by atoms with Crippen LogP contribution in [0.15, 0.2) is 29.8 Å². The summed E-state index contributed by atoms with van der Waals surface area (Å²) >= 11 is 0. The van der Waals surface area contributed by atoms with Crippen LogP contribution in [0, 0.1) is 11.2 Å². The molecular weight excluding hydrogens is 403 g/mol. The second-order valence-electron chi connectivity index (χ2n) is 11.4. The highest BCUT2D eigenvalue weighted by molar-refractivity contribution is 5.29. The third-order valence-corrected chi connectivity index (χ3v) is 8.74. The highest BCUT2D eigenvalue weighted by Crippen LogP contribution is 2.47. The third kappa shape index (κ3) is 8.56. The van der Waals surface area contributed by atoms with E-state index in [1.807, 2.05) is 6.07 Å². The molecule has 1 heteroatoms. The average Bonchev–Trinajstić information content (AvgIpc) is 2.85. The predicted octanol–water partition coefficient (Wildman–Crippen LogP) is 10.8. The molecule has 2 aliphatic rings. The number of allylic oxidation sites excluding steroid dienone is 2. The van der Waals surface area contributed by atoms with Gasteiger partial charge in [0, 0.05) is 0 Å². The summed E-state index contributed by atoms with van der Waals surface area (Å²) in [5.74, 6) is 0.522. The molecule has 0 nitrogen and oxygen atoms in total. The van der Waals surface area contributed by atoms with E-state index in [-0.39, 0.29) is 5.82 Å². The van der Waals surface area contributed by atoms with Crippen LogP contribution >= 0.6 is 0 Å². The van der Waals surface area contributed by atoms with Gasteiger partial charge in [-0.25, -0.2) is 4.39 Å². The van der Waals surface area contributed by atoms with Crippen LogP contribution in [0.5, 0.6) is 0 Å². The molecule has 1 saturated carbocycles. The van der Waals surface area contributed by atoms with E-state index >= 15 is 4.39 Å². The molecule has 0 spiro atoms. The van der Waals surface area contributed by atoms with Crippen LogP contribution in [-0.2, 0) is 6.42 Å². The fraction of sp³-hybridized carbons (Fsp3) is 0.750. The number of aryl methyl sites for hydroxylation is 1. The molecule has 0 aromatic heterocycles. The monoisotopic (exact) mass is 454 g/mol. The molecule has 0 bridgehead atoms. The Kier molecular flexibility index (Phi) is 11.5. The van der Waals surface area contributed by atoms with Crippen LogP contribution in [0.4, 0.5) is 4.39 Å². The summed E-state index contributed by atoms with van der Waals surface area (Å²) in [7, 11) is 0. The van der Waals surface area contributed by atoms with Crippen molar-refractivity contribution < 1.29 is 4.39 Å². The van der Waals surface area contributed by atoms with E-state index in [1.165, 1.54) is 108 Å². The molecule has 0 aliphatic heterocycles. The Labute approximate surface area is 204 Å². The van der Waals surface area contributed by atoms with E-state index < -0.39 is 0 Å². The summed E-state index contributed by atoms with van der Waals surface area (Å²) in [6.07, 6.45) is 28.6. The van der Waals surface area contributed by atoms with Gasteiger partial charge in [0.2, 0.25) is 0 Å². The normalized spacial score (nSPS) is 19.3. The van der Waals surface area contributed by atoms with E-state index in [9.17, 15) is 0 Å². The molecule has 2 aliphatic carbocycles. The summed E-state index contributed by atoms with van der Waals surface area (Å²) in [6.45, 7) is 4.50. The van der Waals surface area contributed by atoms with Gasteiger partial charge in [0.15, 0.2) is 0 Å². The molecule has 0 saturated heterocycles. The van der Waals surface area contributed by atoms with Crippen molar-refractivity contribution in [3.05, 3.63) is 46.8 Å². The number of unbranched alkanes of at least 4 members (excludes halogenated alkanes) is 4. The summed E-state index contributed by atoms with van der Waals surface area (Å²) in [5, 5.41) is 0. The van der Waals surface area contributed by atoms with Gasteiger partial charge in [-0.3, -0.25) is 0 Å². The van der Waals surface area contributed by atoms with Crippen LogP contribution in [0.25, 0.3) is 0 Å². The van der Waals surface area contributed by atoms with Gasteiger partial charge < -0.3 is 0 Å². The number of hydrogen-bond donors (Lipinski definition) is 0. The molecule has 3 rings (SSSR count). The van der Waals surface area contributed by atoms with Crippen molar-refractivity contribution in [3.63, 3.8) is 0 Å². The Morgan fingerprint density at radius 2 is 1.70 bits per heavy atom. The zero-order valence-corrected chi connectivity index (χ0v) is 21.9. The number of halogens is 1. The van der Waals surface area contributed by atoms with Gasteiger partial charge in [0.25, 0.3) is 0 Å². The zero-order valence-electron chi connectivity index (χ0n) is 21.9. The van der Waals surface area contributed by atoms with Crippen molar-refractivity contribution in [2.24, 2.45) is 5.41 Å². The molecule has 1 fully saturated rings. The molecule has 0 radical (unpaired) electrons. The molecular formula is C32H51F. The van der Waals surface area contributed by atoms with Crippen molar-refractivity contribution in [3.8, 4) is 0 Å². The molecule has 1 unspecified atom stereocenters. The molecule has 1 aromatic carbocycles. The van der Waals surface area contributed by atoms with Crippen molar-refractivity contribution in [1.82, 2.24) is 0 Å². The molecule has 1 aromatic rings. The number of benzene rings is 1. The zero-order chi connectivity index (χ0) is 23.4. The van der Waals surface area contributed by atoms with Gasteiger partial charge in [-0.1, -0.05) is 89.0 Å². The Morgan fingerprint density at radius 1 is 0.879 bits per heavy atom. The van der Waals surface area contributed by atoms with Crippen LogP contribution in [0.3, 0.4) is 0 Å². The Balaban J connectivity index is 1.72.